The number of amides is 2. The number of nitrogens with one attached hydrogen (secondary N) is 3. The lowest BCUT2D eigenvalue weighted by Crippen LogP contribution is -2.17. The molecule has 0 aliphatic carbocycles. The number of methoxy groups -OCH3 is 2. The number of anilines is 2. The molecule has 0 atom stereocenters. The van der Waals surface area contributed by atoms with E-state index in [1.807, 2.05) is 25.1 Å². The Hall–Kier alpha value is -4.27. The van der Waals surface area contributed by atoms with Crippen LogP contribution >= 0.6 is 0 Å². The van der Waals surface area contributed by atoms with Crippen LogP contribution in [-0.4, -0.2) is 42.8 Å². The monoisotopic (exact) mass is 478 g/mol. The molecule has 3 aromatic rings. The molecule has 0 aliphatic heterocycles. The second-order valence-electron chi connectivity index (χ2n) is 7.70. The number of aryl methyl sites for hydroxylation is 2. The van der Waals surface area contributed by atoms with Gasteiger partial charge in [-0.1, -0.05) is 13.5 Å². The third-order valence-electron chi connectivity index (χ3n) is 5.12. The Bertz CT molecular complexity index is 1170. The maximum Gasteiger partial charge on any atom is 0.258 e. The van der Waals surface area contributed by atoms with Crippen LogP contribution in [0.2, 0.25) is 0 Å². The normalized spacial score (nSPS) is 10.4. The number of carbonyl (C=O) groups excluding carboxylic acids is 2. The lowest BCUT2D eigenvalue weighted by atomic mass is 10.1. The summed E-state index contributed by atoms with van der Waals surface area (Å²) in [5, 5.41) is 12.6. The van der Waals surface area contributed by atoms with E-state index in [4.69, 9.17) is 14.2 Å². The smallest absolute Gasteiger partial charge is 0.258 e. The van der Waals surface area contributed by atoms with Gasteiger partial charge in [-0.3, -0.25) is 14.7 Å². The van der Waals surface area contributed by atoms with Gasteiger partial charge < -0.3 is 24.8 Å². The van der Waals surface area contributed by atoms with Crippen LogP contribution in [0.25, 0.3) is 0 Å². The highest BCUT2D eigenvalue weighted by Gasteiger charge is 2.16. The molecule has 2 amide bonds. The zero-order chi connectivity index (χ0) is 25.2. The van der Waals surface area contributed by atoms with Crippen LogP contribution in [0.4, 0.5) is 11.5 Å². The number of hydrogen-bond acceptors (Lipinski definition) is 6. The number of ether oxygens (including phenoxy) is 3. The van der Waals surface area contributed by atoms with E-state index in [-0.39, 0.29) is 5.56 Å². The SMILES string of the molecule is C=CC(=O)Nc1cc(OCCC)ccc1C(=O)Nc1cc(CCc2cc(OC)cc(OC)c2)[nH]n1. The van der Waals surface area contributed by atoms with Gasteiger partial charge in [0.15, 0.2) is 5.82 Å². The molecule has 9 nitrogen and oxygen atoms in total. The van der Waals surface area contributed by atoms with Gasteiger partial charge in [-0.2, -0.15) is 5.10 Å². The number of aromatic nitrogens is 2. The molecule has 0 bridgehead atoms. The highest BCUT2D eigenvalue weighted by atomic mass is 16.5. The molecule has 1 heterocycles. The van der Waals surface area contributed by atoms with Crippen LogP contribution in [0.15, 0.2) is 55.1 Å². The van der Waals surface area contributed by atoms with Gasteiger partial charge in [0, 0.05) is 23.9 Å². The average Bonchev–Trinajstić information content (AvgIpc) is 3.32. The van der Waals surface area contributed by atoms with Gasteiger partial charge in [0.1, 0.15) is 17.2 Å². The summed E-state index contributed by atoms with van der Waals surface area (Å²) in [4.78, 5) is 24.8. The van der Waals surface area contributed by atoms with Crippen molar-refractivity contribution in [2.45, 2.75) is 26.2 Å². The predicted molar refractivity (Wildman–Crippen MR) is 135 cm³/mol. The van der Waals surface area contributed by atoms with Crippen molar-refractivity contribution in [2.24, 2.45) is 0 Å². The van der Waals surface area contributed by atoms with E-state index in [2.05, 4.69) is 27.4 Å². The Morgan fingerprint density at radius 3 is 2.40 bits per heavy atom. The fraction of sp³-hybridized carbons (Fsp3) is 0.269. The molecule has 9 heteroatoms. The summed E-state index contributed by atoms with van der Waals surface area (Å²) in [6.45, 7) is 5.98. The molecule has 0 spiro atoms. The fourth-order valence-electron chi connectivity index (χ4n) is 3.35. The van der Waals surface area contributed by atoms with Crippen molar-refractivity contribution in [3.63, 3.8) is 0 Å². The summed E-state index contributed by atoms with van der Waals surface area (Å²) in [6.07, 6.45) is 3.37. The predicted octanol–water partition coefficient (Wildman–Crippen LogP) is 4.38. The molecular formula is C26H30N4O5. The number of aromatic amines is 1. The van der Waals surface area contributed by atoms with E-state index in [1.54, 1.807) is 38.5 Å². The first-order valence-corrected chi connectivity index (χ1v) is 11.2. The minimum atomic E-state index is -0.428. The van der Waals surface area contributed by atoms with Gasteiger partial charge in [-0.05, 0) is 55.2 Å². The maximum atomic E-state index is 12.9. The van der Waals surface area contributed by atoms with E-state index in [0.29, 0.717) is 30.3 Å². The Kier molecular flexibility index (Phi) is 8.89. The number of nitrogens with zero attached hydrogens (tertiary/aromatic N) is 1. The molecule has 0 unspecified atom stereocenters. The van der Waals surface area contributed by atoms with E-state index < -0.39 is 11.8 Å². The molecule has 0 saturated heterocycles. The summed E-state index contributed by atoms with van der Waals surface area (Å²) < 4.78 is 16.3. The third-order valence-corrected chi connectivity index (χ3v) is 5.12. The number of hydrogen-bond donors (Lipinski definition) is 3. The third kappa shape index (κ3) is 7.10. The molecule has 2 aromatic carbocycles. The average molecular weight is 479 g/mol. The first-order chi connectivity index (χ1) is 16.9. The fourth-order valence-corrected chi connectivity index (χ4v) is 3.35. The summed E-state index contributed by atoms with van der Waals surface area (Å²) in [6, 6.07) is 12.4. The first-order valence-electron chi connectivity index (χ1n) is 11.2. The molecule has 3 rings (SSSR count). The Morgan fingerprint density at radius 1 is 1.00 bits per heavy atom. The van der Waals surface area contributed by atoms with Gasteiger partial charge in [0.25, 0.3) is 5.91 Å². The van der Waals surface area contributed by atoms with E-state index >= 15 is 0 Å². The molecular weight excluding hydrogens is 448 g/mol. The molecule has 184 valence electrons. The standard InChI is InChI=1S/C26H30N4O5/c1-5-11-35-19-9-10-22(23(16-19)27-25(31)6-2)26(32)28-24-14-18(29-30-24)8-7-17-12-20(33-3)15-21(13-17)34-4/h6,9-10,12-16H,2,5,7-8,11H2,1,3-4H3,(H,27,31)(H2,28,29,30,32). The molecule has 1 aromatic heterocycles. The second-order valence-corrected chi connectivity index (χ2v) is 7.70. The van der Waals surface area contributed by atoms with Crippen LogP contribution in [-0.2, 0) is 17.6 Å². The Balaban J connectivity index is 1.69. The molecule has 0 aliphatic rings. The van der Waals surface area contributed by atoms with Crippen molar-refractivity contribution in [1.29, 1.82) is 0 Å². The topological polar surface area (TPSA) is 115 Å². The minimum Gasteiger partial charge on any atom is -0.497 e. The lowest BCUT2D eigenvalue weighted by molar-refractivity contribution is -0.111. The van der Waals surface area contributed by atoms with Crippen molar-refractivity contribution >= 4 is 23.3 Å². The van der Waals surface area contributed by atoms with Crippen molar-refractivity contribution < 1.29 is 23.8 Å². The van der Waals surface area contributed by atoms with E-state index in [0.717, 1.165) is 41.7 Å². The molecule has 0 saturated carbocycles. The van der Waals surface area contributed by atoms with Crippen LogP contribution in [0.5, 0.6) is 17.2 Å². The van der Waals surface area contributed by atoms with Gasteiger partial charge in [0.2, 0.25) is 5.91 Å². The maximum absolute atomic E-state index is 12.9. The van der Waals surface area contributed by atoms with Crippen molar-refractivity contribution in [2.75, 3.05) is 31.5 Å². The molecule has 3 N–H and O–H groups in total. The lowest BCUT2D eigenvalue weighted by Gasteiger charge is -2.12. The quantitative estimate of drug-likeness (QED) is 0.333. The summed E-state index contributed by atoms with van der Waals surface area (Å²) >= 11 is 0. The Morgan fingerprint density at radius 2 is 1.74 bits per heavy atom. The number of H-pyrrole nitrogens is 1. The summed E-state index contributed by atoms with van der Waals surface area (Å²) in [5.41, 5.74) is 2.50. The largest absolute Gasteiger partial charge is 0.497 e. The summed E-state index contributed by atoms with van der Waals surface area (Å²) in [7, 11) is 3.23. The van der Waals surface area contributed by atoms with Crippen LogP contribution < -0.4 is 24.8 Å². The highest BCUT2D eigenvalue weighted by Crippen LogP contribution is 2.25. The van der Waals surface area contributed by atoms with Crippen molar-refractivity contribution in [3.05, 3.63) is 71.9 Å². The minimum absolute atomic E-state index is 0.275. The number of rotatable bonds is 12. The van der Waals surface area contributed by atoms with Crippen molar-refractivity contribution in [1.82, 2.24) is 10.2 Å². The highest BCUT2D eigenvalue weighted by molar-refractivity contribution is 6.11. The van der Waals surface area contributed by atoms with Crippen molar-refractivity contribution in [3.8, 4) is 17.2 Å². The van der Waals surface area contributed by atoms with Crippen LogP contribution in [0, 0.1) is 0 Å². The van der Waals surface area contributed by atoms with Gasteiger partial charge in [-0.25, -0.2) is 0 Å². The second kappa shape index (κ2) is 12.3. The number of benzene rings is 2. The van der Waals surface area contributed by atoms with E-state index in [1.165, 1.54) is 0 Å². The van der Waals surface area contributed by atoms with Crippen LogP contribution in [0.3, 0.4) is 0 Å². The molecule has 35 heavy (non-hydrogen) atoms. The van der Waals surface area contributed by atoms with Crippen LogP contribution in [0.1, 0.15) is 35.0 Å². The van der Waals surface area contributed by atoms with Gasteiger partial charge in [-0.15, -0.1) is 0 Å². The molecule has 0 radical (unpaired) electrons. The summed E-state index contributed by atoms with van der Waals surface area (Å²) in [5.74, 6) is 1.54. The van der Waals surface area contributed by atoms with E-state index in [9.17, 15) is 9.59 Å². The zero-order valence-corrected chi connectivity index (χ0v) is 20.1. The first kappa shape index (κ1) is 25.4. The van der Waals surface area contributed by atoms with Gasteiger partial charge >= 0.3 is 0 Å². The number of carbonyl (C=O) groups is 2. The van der Waals surface area contributed by atoms with Gasteiger partial charge in [0.05, 0.1) is 32.1 Å². The molecule has 0 fully saturated rings. The Labute approximate surface area is 204 Å². The zero-order valence-electron chi connectivity index (χ0n) is 20.1.